The zero-order valence-corrected chi connectivity index (χ0v) is 20.0. The molecule has 190 valence electrons. The monoisotopic (exact) mass is 497 g/mol. The van der Waals surface area contributed by atoms with Gasteiger partial charge in [-0.2, -0.15) is 0 Å². The number of carbonyl (C=O) groups is 1. The quantitative estimate of drug-likeness (QED) is 0.434. The number of halogens is 2. The summed E-state index contributed by atoms with van der Waals surface area (Å²) in [5.74, 6) is -0.446. The number of aliphatic hydroxyl groups is 1. The zero-order chi connectivity index (χ0) is 25.3. The van der Waals surface area contributed by atoms with E-state index in [1.165, 1.54) is 25.3 Å². The van der Waals surface area contributed by atoms with Gasteiger partial charge in [0.2, 0.25) is 11.8 Å². The fourth-order valence-electron chi connectivity index (χ4n) is 5.16. The number of amides is 1. The molecule has 0 saturated heterocycles. The Balaban J connectivity index is 1.34. The van der Waals surface area contributed by atoms with E-state index in [4.69, 9.17) is 9.15 Å². The van der Waals surface area contributed by atoms with Crippen molar-refractivity contribution in [3.63, 3.8) is 0 Å². The molecule has 9 heteroatoms. The van der Waals surface area contributed by atoms with Crippen LogP contribution in [-0.2, 0) is 11.2 Å². The first-order chi connectivity index (χ1) is 17.3. The third-order valence-electron chi connectivity index (χ3n) is 7.04. The molecule has 3 atom stereocenters. The molecule has 1 aliphatic heterocycles. The van der Waals surface area contributed by atoms with Gasteiger partial charge in [0.15, 0.2) is 0 Å². The summed E-state index contributed by atoms with van der Waals surface area (Å²) in [7, 11) is 0. The maximum atomic E-state index is 13.7. The van der Waals surface area contributed by atoms with Crippen molar-refractivity contribution in [2.24, 2.45) is 0 Å². The Morgan fingerprint density at radius 3 is 2.64 bits per heavy atom. The highest BCUT2D eigenvalue weighted by Crippen LogP contribution is 2.49. The highest BCUT2D eigenvalue weighted by atomic mass is 19.1. The fraction of sp³-hybridized carbons (Fsp3) is 0.407. The number of ether oxygens (including phenoxy) is 1. The summed E-state index contributed by atoms with van der Waals surface area (Å²) in [5.41, 5.74) is 1.89. The molecule has 0 radical (unpaired) electrons. The average molecular weight is 498 g/mol. The van der Waals surface area contributed by atoms with Gasteiger partial charge in [0, 0.05) is 43.1 Å². The predicted molar refractivity (Wildman–Crippen MR) is 128 cm³/mol. The van der Waals surface area contributed by atoms with E-state index >= 15 is 0 Å². The molecule has 7 nitrogen and oxygen atoms in total. The lowest BCUT2D eigenvalue weighted by Gasteiger charge is -2.48. The lowest BCUT2D eigenvalue weighted by atomic mass is 9.72. The molecule has 2 aliphatic rings. The Morgan fingerprint density at radius 1 is 1.22 bits per heavy atom. The molecule has 1 fully saturated rings. The van der Waals surface area contributed by atoms with Crippen molar-refractivity contribution in [3.8, 4) is 17.2 Å². The number of rotatable bonds is 8. The molecule has 1 spiro atoms. The van der Waals surface area contributed by atoms with E-state index < -0.39 is 23.8 Å². The normalized spacial score (nSPS) is 19.6. The summed E-state index contributed by atoms with van der Waals surface area (Å²) in [5, 5.41) is 17.2. The van der Waals surface area contributed by atoms with E-state index in [0.29, 0.717) is 11.5 Å². The summed E-state index contributed by atoms with van der Waals surface area (Å²) in [6, 6.07) is 8.19. The highest BCUT2D eigenvalue weighted by molar-refractivity contribution is 5.73. The molecule has 2 heterocycles. The second-order valence-electron chi connectivity index (χ2n) is 9.75. The lowest BCUT2D eigenvalue weighted by Crippen LogP contribution is -2.52. The third-order valence-corrected chi connectivity index (χ3v) is 7.04. The van der Waals surface area contributed by atoms with Crippen molar-refractivity contribution in [1.82, 2.24) is 15.6 Å². The minimum atomic E-state index is -1.00. The molecule has 3 aromatic rings. The third kappa shape index (κ3) is 5.27. The van der Waals surface area contributed by atoms with Crippen LogP contribution in [-0.4, -0.2) is 40.3 Å². The van der Waals surface area contributed by atoms with Crippen molar-refractivity contribution in [3.05, 3.63) is 71.6 Å². The first-order valence-corrected chi connectivity index (χ1v) is 12.2. The van der Waals surface area contributed by atoms with Crippen molar-refractivity contribution in [1.29, 1.82) is 0 Å². The van der Waals surface area contributed by atoms with Crippen molar-refractivity contribution >= 4 is 5.91 Å². The molecule has 1 amide bonds. The van der Waals surface area contributed by atoms with Gasteiger partial charge in [0.25, 0.3) is 0 Å². The van der Waals surface area contributed by atoms with Crippen LogP contribution in [0.25, 0.3) is 11.5 Å². The standard InChI is InChI=1S/C27H29F2N3O4/c1-16(33)32-22(11-17-9-19(28)13-20(29)10-17)24(34)15-31-23-14-27(5-2-6-27)36-25-4-3-18(12-21(23)25)26-30-7-8-35-26/h3-4,7-10,12-13,22-24,31,34H,2,5-6,11,14-15H2,1H3,(H,32,33)/t22-,23-,24-/m0/s1. The van der Waals surface area contributed by atoms with Crippen LogP contribution in [0.1, 0.15) is 49.8 Å². The summed E-state index contributed by atoms with van der Waals surface area (Å²) < 4.78 is 39.2. The van der Waals surface area contributed by atoms with Crippen LogP contribution in [0.5, 0.6) is 5.75 Å². The molecule has 2 aromatic carbocycles. The molecular formula is C27H29F2N3O4. The number of nitrogens with one attached hydrogen (secondary N) is 2. The van der Waals surface area contributed by atoms with Gasteiger partial charge < -0.3 is 24.9 Å². The predicted octanol–water partition coefficient (Wildman–Crippen LogP) is 4.06. The number of carbonyl (C=O) groups excluding carboxylic acids is 1. The lowest BCUT2D eigenvalue weighted by molar-refractivity contribution is -0.120. The Morgan fingerprint density at radius 2 is 2.00 bits per heavy atom. The Hall–Kier alpha value is -3.30. The fourth-order valence-corrected chi connectivity index (χ4v) is 5.16. The van der Waals surface area contributed by atoms with Gasteiger partial charge >= 0.3 is 0 Å². The van der Waals surface area contributed by atoms with Crippen molar-refractivity contribution in [2.45, 2.75) is 62.8 Å². The number of benzene rings is 2. The Kier molecular flexibility index (Phi) is 6.77. The van der Waals surface area contributed by atoms with Crippen LogP contribution in [0, 0.1) is 11.6 Å². The molecule has 0 bridgehead atoms. The molecule has 1 aromatic heterocycles. The van der Waals surface area contributed by atoms with Gasteiger partial charge in [-0.15, -0.1) is 0 Å². The van der Waals surface area contributed by atoms with Gasteiger partial charge in [0.1, 0.15) is 29.2 Å². The number of nitrogens with zero attached hydrogens (tertiary/aromatic N) is 1. The van der Waals surface area contributed by atoms with E-state index in [1.54, 1.807) is 6.20 Å². The largest absolute Gasteiger partial charge is 0.487 e. The Bertz CT molecular complexity index is 1210. The van der Waals surface area contributed by atoms with Crippen LogP contribution < -0.4 is 15.4 Å². The van der Waals surface area contributed by atoms with Gasteiger partial charge in [0.05, 0.1) is 18.3 Å². The molecule has 36 heavy (non-hydrogen) atoms. The van der Waals surface area contributed by atoms with Crippen LogP contribution in [0.15, 0.2) is 53.3 Å². The average Bonchev–Trinajstić information content (AvgIpc) is 3.34. The molecule has 3 N–H and O–H groups in total. The van der Waals surface area contributed by atoms with Gasteiger partial charge in [-0.3, -0.25) is 4.79 Å². The number of hydrogen-bond acceptors (Lipinski definition) is 6. The summed E-state index contributed by atoms with van der Waals surface area (Å²) in [6.07, 6.45) is 5.97. The Labute approximate surface area is 207 Å². The zero-order valence-electron chi connectivity index (χ0n) is 20.0. The van der Waals surface area contributed by atoms with E-state index in [9.17, 15) is 18.7 Å². The number of fused-ring (bicyclic) bond motifs is 1. The summed E-state index contributed by atoms with van der Waals surface area (Å²) in [4.78, 5) is 16.0. The van der Waals surface area contributed by atoms with E-state index in [0.717, 1.165) is 48.6 Å². The van der Waals surface area contributed by atoms with E-state index in [1.807, 2.05) is 18.2 Å². The molecule has 1 saturated carbocycles. The molecule has 0 unspecified atom stereocenters. The highest BCUT2D eigenvalue weighted by Gasteiger charge is 2.45. The minimum absolute atomic E-state index is 0.0831. The first-order valence-electron chi connectivity index (χ1n) is 12.2. The van der Waals surface area contributed by atoms with Crippen LogP contribution >= 0.6 is 0 Å². The second kappa shape index (κ2) is 9.99. The summed E-state index contributed by atoms with van der Waals surface area (Å²) in [6.45, 7) is 1.50. The minimum Gasteiger partial charge on any atom is -0.487 e. The number of hydrogen-bond donors (Lipinski definition) is 3. The topological polar surface area (TPSA) is 96.6 Å². The van der Waals surface area contributed by atoms with E-state index in [2.05, 4.69) is 15.6 Å². The number of oxazole rings is 1. The molecular weight excluding hydrogens is 468 g/mol. The van der Waals surface area contributed by atoms with Crippen LogP contribution in [0.2, 0.25) is 0 Å². The van der Waals surface area contributed by atoms with Crippen molar-refractivity contribution in [2.75, 3.05) is 6.54 Å². The maximum Gasteiger partial charge on any atom is 0.225 e. The van der Waals surface area contributed by atoms with Gasteiger partial charge in [-0.05, 0) is 61.6 Å². The van der Waals surface area contributed by atoms with Crippen LogP contribution in [0.4, 0.5) is 8.78 Å². The second-order valence-corrected chi connectivity index (χ2v) is 9.75. The first kappa shape index (κ1) is 24.4. The molecule has 5 rings (SSSR count). The van der Waals surface area contributed by atoms with Gasteiger partial charge in [-0.1, -0.05) is 0 Å². The number of aromatic nitrogens is 1. The maximum absolute atomic E-state index is 13.7. The SMILES string of the molecule is CC(=O)N[C@@H](Cc1cc(F)cc(F)c1)[C@@H](O)CN[C@H]1CC2(CCC2)Oc2ccc(-c3ncco3)cc21. The van der Waals surface area contributed by atoms with E-state index in [-0.39, 0.29) is 30.5 Å². The van der Waals surface area contributed by atoms with Crippen LogP contribution in [0.3, 0.4) is 0 Å². The molecule has 1 aliphatic carbocycles. The number of aliphatic hydroxyl groups excluding tert-OH is 1. The van der Waals surface area contributed by atoms with Gasteiger partial charge in [-0.25, -0.2) is 13.8 Å². The smallest absolute Gasteiger partial charge is 0.225 e. The van der Waals surface area contributed by atoms with Crippen molar-refractivity contribution < 1.29 is 27.8 Å². The summed E-state index contributed by atoms with van der Waals surface area (Å²) >= 11 is 0.